The Hall–Kier alpha value is -5.39. The number of hydrogen-bond acceptors (Lipinski definition) is 7. The Bertz CT molecular complexity index is 1700. The molecule has 12 nitrogen and oxygen atoms in total. The second-order valence-electron chi connectivity index (χ2n) is 13.7. The standard InChI is InChI=1S/C40H49N5O7/c1-27(2)24-32-39(49)45-22-9-13-33(45)40(50)44(3)34(25-29-10-5-4-6-11-29)38(48)42-20-19-28-15-17-30(18-16-28)51-23-21-41-36(46)26-52-35-14-8-7-12-31(35)37(47)43-32/h4-8,10-12,14-18,27,32-34H,9,13,19-26H2,1-3H3,(H,41,46)(H,42,48)(H,43,47)/t32-,33-,34+/m1/s1. The van der Waals surface area contributed by atoms with Gasteiger partial charge in [0, 0.05) is 26.6 Å². The molecule has 3 aliphatic rings. The first kappa shape index (κ1) is 37.9. The molecule has 3 aromatic rings. The molecule has 0 unspecified atom stereocenters. The van der Waals surface area contributed by atoms with Gasteiger partial charge in [0.2, 0.25) is 17.7 Å². The molecule has 3 aliphatic heterocycles. The highest BCUT2D eigenvalue weighted by Gasteiger charge is 2.41. The van der Waals surface area contributed by atoms with Crippen LogP contribution in [0.3, 0.4) is 0 Å². The molecule has 3 N–H and O–H groups in total. The summed E-state index contributed by atoms with van der Waals surface area (Å²) in [7, 11) is 1.62. The number of benzene rings is 3. The number of ether oxygens (including phenoxy) is 2. The van der Waals surface area contributed by atoms with Crippen LogP contribution >= 0.6 is 0 Å². The van der Waals surface area contributed by atoms with Gasteiger partial charge in [-0.1, -0.05) is 68.4 Å². The van der Waals surface area contributed by atoms with E-state index in [0.717, 1.165) is 11.1 Å². The Morgan fingerprint density at radius 1 is 0.827 bits per heavy atom. The quantitative estimate of drug-likeness (QED) is 0.353. The van der Waals surface area contributed by atoms with Crippen molar-refractivity contribution in [1.82, 2.24) is 25.8 Å². The summed E-state index contributed by atoms with van der Waals surface area (Å²) < 4.78 is 11.5. The molecule has 3 atom stereocenters. The molecule has 3 aromatic carbocycles. The van der Waals surface area contributed by atoms with Gasteiger partial charge in [-0.2, -0.15) is 0 Å². The lowest BCUT2D eigenvalue weighted by Gasteiger charge is -2.34. The second kappa shape index (κ2) is 18.2. The fourth-order valence-corrected chi connectivity index (χ4v) is 6.58. The minimum Gasteiger partial charge on any atom is -0.492 e. The van der Waals surface area contributed by atoms with Gasteiger partial charge in [-0.05, 0) is 67.0 Å². The number of fused-ring (bicyclic) bond motifs is 17. The van der Waals surface area contributed by atoms with Crippen LogP contribution in [0.4, 0.5) is 0 Å². The Labute approximate surface area is 305 Å². The van der Waals surface area contributed by atoms with E-state index in [1.54, 1.807) is 36.2 Å². The van der Waals surface area contributed by atoms with E-state index < -0.39 is 24.0 Å². The molecule has 0 spiro atoms. The molecule has 2 bridgehead atoms. The predicted molar refractivity (Wildman–Crippen MR) is 196 cm³/mol. The van der Waals surface area contributed by atoms with Crippen LogP contribution in [0.15, 0.2) is 78.9 Å². The van der Waals surface area contributed by atoms with E-state index in [0.29, 0.717) is 50.9 Å². The lowest BCUT2D eigenvalue weighted by Crippen LogP contribution is -2.57. The molecular formula is C40H49N5O7. The van der Waals surface area contributed by atoms with Gasteiger partial charge in [0.05, 0.1) is 12.1 Å². The summed E-state index contributed by atoms with van der Waals surface area (Å²) in [5.74, 6) is -1.01. The van der Waals surface area contributed by atoms with Crippen LogP contribution in [-0.4, -0.2) is 97.4 Å². The van der Waals surface area contributed by atoms with Crippen molar-refractivity contribution < 1.29 is 33.4 Å². The average Bonchev–Trinajstić information content (AvgIpc) is 3.64. The van der Waals surface area contributed by atoms with E-state index in [1.165, 1.54) is 4.90 Å². The smallest absolute Gasteiger partial charge is 0.258 e. The first-order chi connectivity index (χ1) is 25.1. The molecule has 3 heterocycles. The maximum atomic E-state index is 14.2. The molecule has 276 valence electrons. The molecule has 0 aromatic heterocycles. The van der Waals surface area contributed by atoms with Crippen LogP contribution < -0.4 is 25.4 Å². The van der Waals surface area contributed by atoms with Crippen LogP contribution in [0.5, 0.6) is 11.5 Å². The predicted octanol–water partition coefficient (Wildman–Crippen LogP) is 3.14. The van der Waals surface area contributed by atoms with Gasteiger partial charge in [0.1, 0.15) is 36.2 Å². The number of nitrogens with zero attached hydrogens (tertiary/aromatic N) is 2. The zero-order chi connectivity index (χ0) is 37.0. The number of amides is 5. The highest BCUT2D eigenvalue weighted by atomic mass is 16.5. The maximum absolute atomic E-state index is 14.2. The van der Waals surface area contributed by atoms with E-state index in [4.69, 9.17) is 9.47 Å². The maximum Gasteiger partial charge on any atom is 0.258 e. The molecule has 12 heteroatoms. The summed E-state index contributed by atoms with van der Waals surface area (Å²) in [5, 5.41) is 8.67. The van der Waals surface area contributed by atoms with E-state index >= 15 is 0 Å². The van der Waals surface area contributed by atoms with Gasteiger partial charge in [-0.15, -0.1) is 0 Å². The van der Waals surface area contributed by atoms with Crippen molar-refractivity contribution in [3.63, 3.8) is 0 Å². The number of carbonyl (C=O) groups is 5. The molecule has 1 saturated heterocycles. The van der Waals surface area contributed by atoms with Gasteiger partial charge >= 0.3 is 0 Å². The largest absolute Gasteiger partial charge is 0.492 e. The van der Waals surface area contributed by atoms with E-state index in [-0.39, 0.29) is 60.6 Å². The first-order valence-electron chi connectivity index (χ1n) is 18.0. The lowest BCUT2D eigenvalue weighted by molar-refractivity contribution is -0.147. The van der Waals surface area contributed by atoms with Gasteiger partial charge in [0.15, 0.2) is 6.61 Å². The van der Waals surface area contributed by atoms with E-state index in [2.05, 4.69) is 16.0 Å². The van der Waals surface area contributed by atoms with Crippen LogP contribution in [0.25, 0.3) is 0 Å². The molecule has 0 saturated carbocycles. The summed E-state index contributed by atoms with van der Waals surface area (Å²) in [4.78, 5) is 71.5. The van der Waals surface area contributed by atoms with Crippen molar-refractivity contribution >= 4 is 29.5 Å². The topological polar surface area (TPSA) is 146 Å². The zero-order valence-electron chi connectivity index (χ0n) is 30.1. The Morgan fingerprint density at radius 3 is 2.31 bits per heavy atom. The third-order valence-electron chi connectivity index (χ3n) is 9.34. The molecule has 6 rings (SSSR count). The van der Waals surface area contributed by atoms with Gasteiger partial charge in [0.25, 0.3) is 11.8 Å². The summed E-state index contributed by atoms with van der Waals surface area (Å²) in [6.45, 7) is 4.78. The van der Waals surface area contributed by atoms with Crippen molar-refractivity contribution in [3.05, 3.63) is 95.6 Å². The number of likely N-dealkylation sites (N-methyl/N-ethyl adjacent to an activating group) is 1. The molecule has 5 amide bonds. The van der Waals surface area contributed by atoms with Crippen LogP contribution in [0.1, 0.15) is 54.6 Å². The molecular weight excluding hydrogens is 662 g/mol. The Balaban J connectivity index is 1.42. The summed E-state index contributed by atoms with van der Waals surface area (Å²) in [5.41, 5.74) is 2.07. The number of hydrogen-bond donors (Lipinski definition) is 3. The molecule has 0 aliphatic carbocycles. The highest BCUT2D eigenvalue weighted by molar-refractivity contribution is 6.00. The lowest BCUT2D eigenvalue weighted by atomic mass is 10.0. The third kappa shape index (κ3) is 10.1. The molecule has 1 fully saturated rings. The average molecular weight is 712 g/mol. The zero-order valence-corrected chi connectivity index (χ0v) is 30.1. The molecule has 52 heavy (non-hydrogen) atoms. The molecule has 0 radical (unpaired) electrons. The van der Waals surface area contributed by atoms with E-state index in [1.807, 2.05) is 68.4 Å². The SMILES string of the molecule is CC(C)C[C@H]1NC(=O)c2ccccc2OCC(=O)NCCOc2ccc(cc2)CCNC(=O)[C@H](Cc2ccccc2)N(C)C(=O)[C@H]2CCCN2C1=O. The number of carbonyl (C=O) groups excluding carboxylic acids is 5. The normalized spacial score (nSPS) is 21.4. The van der Waals surface area contributed by atoms with Crippen molar-refractivity contribution in [1.29, 1.82) is 0 Å². The highest BCUT2D eigenvalue weighted by Crippen LogP contribution is 2.25. The summed E-state index contributed by atoms with van der Waals surface area (Å²) >= 11 is 0. The van der Waals surface area contributed by atoms with Crippen molar-refractivity contribution in [2.45, 2.75) is 64.1 Å². The summed E-state index contributed by atoms with van der Waals surface area (Å²) in [6.07, 6.45) is 2.25. The monoisotopic (exact) mass is 711 g/mol. The van der Waals surface area contributed by atoms with Crippen molar-refractivity contribution in [3.8, 4) is 11.5 Å². The van der Waals surface area contributed by atoms with Crippen LogP contribution in [-0.2, 0) is 32.0 Å². The number of rotatable bonds is 4. The van der Waals surface area contributed by atoms with Gasteiger partial charge in [-0.3, -0.25) is 24.0 Å². The van der Waals surface area contributed by atoms with Gasteiger partial charge < -0.3 is 35.2 Å². The van der Waals surface area contributed by atoms with Gasteiger partial charge in [-0.25, -0.2) is 0 Å². The minimum atomic E-state index is -0.918. The van der Waals surface area contributed by atoms with Crippen molar-refractivity contribution in [2.75, 3.05) is 39.9 Å². The Morgan fingerprint density at radius 2 is 1.56 bits per heavy atom. The van der Waals surface area contributed by atoms with E-state index in [9.17, 15) is 24.0 Å². The Kier molecular flexibility index (Phi) is 13.3. The third-order valence-corrected chi connectivity index (χ3v) is 9.34. The van der Waals surface area contributed by atoms with Crippen molar-refractivity contribution in [2.24, 2.45) is 5.92 Å². The fraction of sp³-hybridized carbons (Fsp3) is 0.425. The minimum absolute atomic E-state index is 0.0462. The fourth-order valence-electron chi connectivity index (χ4n) is 6.58. The first-order valence-corrected chi connectivity index (χ1v) is 18.0. The summed E-state index contributed by atoms with van der Waals surface area (Å²) in [6, 6.07) is 21.1. The van der Waals surface area contributed by atoms with Crippen LogP contribution in [0.2, 0.25) is 0 Å². The number of nitrogens with one attached hydrogen (secondary N) is 3. The van der Waals surface area contributed by atoms with Crippen LogP contribution in [0, 0.1) is 5.92 Å². The second-order valence-corrected chi connectivity index (χ2v) is 13.7. The number of para-hydroxylation sites is 1.